The van der Waals surface area contributed by atoms with Crippen LogP contribution < -0.4 is 5.32 Å². The second-order valence-electron chi connectivity index (χ2n) is 6.53. The lowest BCUT2D eigenvalue weighted by molar-refractivity contribution is -0.120. The van der Waals surface area contributed by atoms with Gasteiger partial charge in [-0.1, -0.05) is 29.5 Å². The molecule has 0 unspecified atom stereocenters. The van der Waals surface area contributed by atoms with Crippen LogP contribution in [-0.2, 0) is 14.6 Å². The van der Waals surface area contributed by atoms with Gasteiger partial charge < -0.3 is 5.32 Å². The van der Waals surface area contributed by atoms with E-state index in [0.717, 1.165) is 16.8 Å². The standard InChI is InChI=1S/C16H21N5O3S2/c1-10-4-5-14(11(2)8-10)21-16(18-19-20-21)25-12(3)15(22)17-13-6-7-26(23,24)9-13/h4-5,8,12-13H,6-7,9H2,1-3H3,(H,17,22)/t12-,13+/m1/s1. The molecular weight excluding hydrogens is 374 g/mol. The zero-order valence-corrected chi connectivity index (χ0v) is 16.5. The van der Waals surface area contributed by atoms with E-state index in [1.54, 1.807) is 11.6 Å². The van der Waals surface area contributed by atoms with Crippen molar-refractivity contribution in [2.24, 2.45) is 0 Å². The molecule has 2 aromatic rings. The number of carbonyl (C=O) groups excluding carboxylic acids is 1. The van der Waals surface area contributed by atoms with E-state index in [0.29, 0.717) is 11.6 Å². The molecule has 26 heavy (non-hydrogen) atoms. The van der Waals surface area contributed by atoms with Crippen molar-refractivity contribution < 1.29 is 13.2 Å². The van der Waals surface area contributed by atoms with Crippen molar-refractivity contribution in [1.82, 2.24) is 25.5 Å². The maximum Gasteiger partial charge on any atom is 0.233 e. The number of hydrogen-bond donors (Lipinski definition) is 1. The van der Waals surface area contributed by atoms with Gasteiger partial charge in [-0.15, -0.1) is 5.10 Å². The molecule has 10 heteroatoms. The number of nitrogens with zero attached hydrogens (tertiary/aromatic N) is 4. The minimum atomic E-state index is -3.03. The summed E-state index contributed by atoms with van der Waals surface area (Å²) in [5.41, 5.74) is 3.04. The molecule has 2 heterocycles. The van der Waals surface area contributed by atoms with Crippen molar-refractivity contribution in [3.63, 3.8) is 0 Å². The van der Waals surface area contributed by atoms with Crippen molar-refractivity contribution in [3.8, 4) is 5.69 Å². The van der Waals surface area contributed by atoms with Crippen LogP contribution in [0.2, 0.25) is 0 Å². The van der Waals surface area contributed by atoms with Gasteiger partial charge in [0.2, 0.25) is 11.1 Å². The van der Waals surface area contributed by atoms with Gasteiger partial charge in [0.1, 0.15) is 0 Å². The number of benzene rings is 1. The van der Waals surface area contributed by atoms with Crippen LogP contribution in [0.4, 0.5) is 0 Å². The van der Waals surface area contributed by atoms with E-state index in [4.69, 9.17) is 0 Å². The lowest BCUT2D eigenvalue weighted by Crippen LogP contribution is -2.40. The number of rotatable bonds is 5. The van der Waals surface area contributed by atoms with Crippen LogP contribution in [0, 0.1) is 13.8 Å². The highest BCUT2D eigenvalue weighted by Crippen LogP contribution is 2.25. The molecule has 1 amide bonds. The van der Waals surface area contributed by atoms with Crippen LogP contribution >= 0.6 is 11.8 Å². The Bertz CT molecular complexity index is 926. The Hall–Kier alpha value is -1.94. The third-order valence-electron chi connectivity index (χ3n) is 4.25. The molecule has 0 spiro atoms. The summed E-state index contributed by atoms with van der Waals surface area (Å²) < 4.78 is 24.7. The zero-order chi connectivity index (χ0) is 18.9. The highest BCUT2D eigenvalue weighted by molar-refractivity contribution is 8.00. The number of sulfone groups is 1. The molecule has 0 radical (unpaired) electrons. The molecule has 1 aliphatic rings. The Kier molecular flexibility index (Phi) is 5.33. The van der Waals surface area contributed by atoms with Gasteiger partial charge in [-0.25, -0.2) is 8.42 Å². The number of thioether (sulfide) groups is 1. The van der Waals surface area contributed by atoms with Crippen LogP contribution in [0.3, 0.4) is 0 Å². The average molecular weight is 396 g/mol. The molecule has 0 saturated carbocycles. The molecule has 1 N–H and O–H groups in total. The number of nitrogens with one attached hydrogen (secondary N) is 1. The summed E-state index contributed by atoms with van der Waals surface area (Å²) in [4.78, 5) is 12.4. The molecule has 1 fully saturated rings. The fourth-order valence-corrected chi connectivity index (χ4v) is 5.37. The third-order valence-corrected chi connectivity index (χ3v) is 7.05. The Morgan fingerprint density at radius 2 is 2.15 bits per heavy atom. The lowest BCUT2D eigenvalue weighted by Gasteiger charge is -2.15. The molecule has 1 saturated heterocycles. The fourth-order valence-electron chi connectivity index (χ4n) is 2.89. The fraction of sp³-hybridized carbons (Fsp3) is 0.500. The minimum Gasteiger partial charge on any atom is -0.351 e. The van der Waals surface area contributed by atoms with Gasteiger partial charge in [-0.3, -0.25) is 4.79 Å². The summed E-state index contributed by atoms with van der Waals surface area (Å²) in [6, 6.07) is 5.65. The molecule has 8 nitrogen and oxygen atoms in total. The van der Waals surface area contributed by atoms with Crippen molar-refractivity contribution >= 4 is 27.5 Å². The van der Waals surface area contributed by atoms with E-state index in [1.807, 2.05) is 32.0 Å². The summed E-state index contributed by atoms with van der Waals surface area (Å²) >= 11 is 1.24. The molecule has 1 aromatic heterocycles. The number of hydrogen-bond acceptors (Lipinski definition) is 7. The Balaban J connectivity index is 1.69. The molecule has 2 atom stereocenters. The molecule has 0 bridgehead atoms. The molecular formula is C16H21N5O3S2. The topological polar surface area (TPSA) is 107 Å². The van der Waals surface area contributed by atoms with Gasteiger partial charge in [0, 0.05) is 6.04 Å². The van der Waals surface area contributed by atoms with E-state index in [2.05, 4.69) is 20.8 Å². The third kappa shape index (κ3) is 4.24. The quantitative estimate of drug-likeness (QED) is 0.755. The average Bonchev–Trinajstić information content (AvgIpc) is 3.13. The van der Waals surface area contributed by atoms with Gasteiger partial charge in [-0.2, -0.15) is 4.68 Å². The predicted molar refractivity (Wildman–Crippen MR) is 99.1 cm³/mol. The van der Waals surface area contributed by atoms with Crippen molar-refractivity contribution in [2.45, 2.75) is 43.6 Å². The predicted octanol–water partition coefficient (Wildman–Crippen LogP) is 1.06. The van der Waals surface area contributed by atoms with Gasteiger partial charge in [0.05, 0.1) is 22.4 Å². The van der Waals surface area contributed by atoms with Crippen molar-refractivity contribution in [2.75, 3.05) is 11.5 Å². The minimum absolute atomic E-state index is 0.0103. The van der Waals surface area contributed by atoms with Crippen LogP contribution in [0.15, 0.2) is 23.4 Å². The Morgan fingerprint density at radius 1 is 1.38 bits per heavy atom. The van der Waals surface area contributed by atoms with E-state index in [1.165, 1.54) is 11.8 Å². The van der Waals surface area contributed by atoms with Crippen LogP contribution in [0.25, 0.3) is 5.69 Å². The van der Waals surface area contributed by atoms with Crippen LogP contribution in [0.5, 0.6) is 0 Å². The largest absolute Gasteiger partial charge is 0.351 e. The molecule has 3 rings (SSSR count). The number of tetrazole rings is 1. The lowest BCUT2D eigenvalue weighted by atomic mass is 10.1. The van der Waals surface area contributed by atoms with E-state index in [9.17, 15) is 13.2 Å². The number of carbonyl (C=O) groups is 1. The number of amides is 1. The summed E-state index contributed by atoms with van der Waals surface area (Å²) in [5, 5.41) is 14.7. The van der Waals surface area contributed by atoms with Crippen molar-refractivity contribution in [3.05, 3.63) is 29.3 Å². The highest BCUT2D eigenvalue weighted by atomic mass is 32.2. The molecule has 0 aliphatic carbocycles. The van der Waals surface area contributed by atoms with E-state index < -0.39 is 15.1 Å². The smallest absolute Gasteiger partial charge is 0.233 e. The first kappa shape index (κ1) is 18.8. The van der Waals surface area contributed by atoms with E-state index >= 15 is 0 Å². The molecule has 1 aromatic carbocycles. The summed E-state index contributed by atoms with van der Waals surface area (Å²) in [6.45, 7) is 5.75. The molecule has 1 aliphatic heterocycles. The maximum absolute atomic E-state index is 12.4. The maximum atomic E-state index is 12.4. The van der Waals surface area contributed by atoms with Gasteiger partial charge in [0.25, 0.3) is 0 Å². The Morgan fingerprint density at radius 3 is 2.81 bits per heavy atom. The number of aryl methyl sites for hydroxylation is 2. The first-order chi connectivity index (χ1) is 12.2. The summed E-state index contributed by atoms with van der Waals surface area (Å²) in [7, 11) is -3.03. The van der Waals surface area contributed by atoms with Crippen LogP contribution in [-0.4, -0.2) is 57.3 Å². The van der Waals surface area contributed by atoms with E-state index in [-0.39, 0.29) is 23.5 Å². The summed E-state index contributed by atoms with van der Waals surface area (Å²) in [6.07, 6.45) is 0.464. The highest BCUT2D eigenvalue weighted by Gasteiger charge is 2.30. The first-order valence-corrected chi connectivity index (χ1v) is 11.0. The van der Waals surface area contributed by atoms with Crippen molar-refractivity contribution in [1.29, 1.82) is 0 Å². The SMILES string of the molecule is Cc1ccc(-n2nnnc2S[C@H](C)C(=O)N[C@H]2CCS(=O)(=O)C2)c(C)c1. The zero-order valence-electron chi connectivity index (χ0n) is 14.8. The normalized spacial score (nSPS) is 20.0. The Labute approximate surface area is 156 Å². The second kappa shape index (κ2) is 7.36. The van der Waals surface area contributed by atoms with Gasteiger partial charge >= 0.3 is 0 Å². The number of aromatic nitrogens is 4. The van der Waals surface area contributed by atoms with Crippen LogP contribution in [0.1, 0.15) is 24.5 Å². The molecule has 140 valence electrons. The van der Waals surface area contributed by atoms with Gasteiger partial charge in [0.15, 0.2) is 9.84 Å². The van der Waals surface area contributed by atoms with Gasteiger partial charge in [-0.05, 0) is 49.2 Å². The second-order valence-corrected chi connectivity index (χ2v) is 10.1. The summed E-state index contributed by atoms with van der Waals surface area (Å²) in [5.74, 6) is -0.0758. The first-order valence-electron chi connectivity index (χ1n) is 8.28. The monoisotopic (exact) mass is 395 g/mol.